The topological polar surface area (TPSA) is 63.9 Å². The summed E-state index contributed by atoms with van der Waals surface area (Å²) < 4.78 is 8.28. The van der Waals surface area contributed by atoms with Crippen LogP contribution in [0, 0.1) is 5.41 Å². The zero-order valence-electron chi connectivity index (χ0n) is 16.9. The SMILES string of the molecule is COc1ccc(C2=NN(CC(=O)C(C)(C)C)C(=O)c3cc4sccc4n3C2)cc1. The molecule has 0 spiro atoms. The average molecular weight is 410 g/mol. The summed E-state index contributed by atoms with van der Waals surface area (Å²) in [4.78, 5) is 25.9. The molecule has 3 aromatic rings. The number of thiophene rings is 1. The van der Waals surface area contributed by atoms with Crippen LogP contribution in [0.5, 0.6) is 5.75 Å². The first-order chi connectivity index (χ1) is 13.8. The van der Waals surface area contributed by atoms with Crippen molar-refractivity contribution in [2.75, 3.05) is 13.7 Å². The van der Waals surface area contributed by atoms with E-state index in [1.807, 2.05) is 67.1 Å². The molecule has 0 saturated carbocycles. The van der Waals surface area contributed by atoms with E-state index in [4.69, 9.17) is 4.74 Å². The highest BCUT2D eigenvalue weighted by molar-refractivity contribution is 7.17. The van der Waals surface area contributed by atoms with Crippen molar-refractivity contribution >= 4 is 39.0 Å². The van der Waals surface area contributed by atoms with E-state index < -0.39 is 5.41 Å². The van der Waals surface area contributed by atoms with Gasteiger partial charge in [0.2, 0.25) is 0 Å². The van der Waals surface area contributed by atoms with Gasteiger partial charge in [-0.25, -0.2) is 5.01 Å². The summed E-state index contributed by atoms with van der Waals surface area (Å²) >= 11 is 1.60. The first-order valence-corrected chi connectivity index (χ1v) is 10.3. The molecule has 0 aliphatic carbocycles. The Kier molecular flexibility index (Phi) is 4.78. The van der Waals surface area contributed by atoms with Crippen LogP contribution in [0.1, 0.15) is 36.8 Å². The number of carbonyl (C=O) groups is 2. The largest absolute Gasteiger partial charge is 0.497 e. The van der Waals surface area contributed by atoms with Crippen LogP contribution in [-0.4, -0.2) is 40.6 Å². The molecule has 3 heterocycles. The lowest BCUT2D eigenvalue weighted by atomic mass is 9.91. The lowest BCUT2D eigenvalue weighted by Gasteiger charge is -2.21. The zero-order valence-corrected chi connectivity index (χ0v) is 17.7. The monoisotopic (exact) mass is 409 g/mol. The number of hydrazone groups is 1. The Balaban J connectivity index is 1.81. The molecule has 6 nitrogen and oxygen atoms in total. The van der Waals surface area contributed by atoms with Crippen LogP contribution in [-0.2, 0) is 11.3 Å². The highest BCUT2D eigenvalue weighted by atomic mass is 32.1. The van der Waals surface area contributed by atoms with Crippen LogP contribution in [0.4, 0.5) is 0 Å². The zero-order chi connectivity index (χ0) is 20.8. The van der Waals surface area contributed by atoms with Crippen LogP contribution in [0.25, 0.3) is 10.2 Å². The second-order valence-electron chi connectivity index (χ2n) is 8.10. The Labute approximate surface area is 173 Å². The van der Waals surface area contributed by atoms with Gasteiger partial charge in [-0.15, -0.1) is 11.3 Å². The summed E-state index contributed by atoms with van der Waals surface area (Å²) in [5.41, 5.74) is 2.62. The molecule has 0 fully saturated rings. The Morgan fingerprint density at radius 1 is 1.21 bits per heavy atom. The molecule has 4 rings (SSSR count). The van der Waals surface area contributed by atoms with Gasteiger partial charge in [0, 0.05) is 5.41 Å². The summed E-state index contributed by atoms with van der Waals surface area (Å²) in [6.07, 6.45) is 0. The summed E-state index contributed by atoms with van der Waals surface area (Å²) in [6, 6.07) is 11.5. The predicted molar refractivity (Wildman–Crippen MR) is 115 cm³/mol. The number of rotatable bonds is 4. The molecule has 0 unspecified atom stereocenters. The number of ketones is 1. The molecule has 7 heteroatoms. The molecule has 1 aromatic carbocycles. The Bertz CT molecular complexity index is 1120. The standard InChI is InChI=1S/C22H23N3O3S/c1-22(2,3)20(26)13-25-21(27)18-11-19-17(9-10-29-19)24(18)12-16(23-25)14-5-7-15(28-4)8-6-14/h5-11H,12-13H2,1-4H3. The van der Waals surface area contributed by atoms with E-state index in [0.717, 1.165) is 27.2 Å². The fourth-order valence-corrected chi connectivity index (χ4v) is 4.06. The van der Waals surface area contributed by atoms with Crippen molar-refractivity contribution in [2.24, 2.45) is 10.5 Å². The number of nitrogens with zero attached hydrogens (tertiary/aromatic N) is 3. The van der Waals surface area contributed by atoms with Crippen LogP contribution in [0.3, 0.4) is 0 Å². The Morgan fingerprint density at radius 2 is 1.93 bits per heavy atom. The second-order valence-corrected chi connectivity index (χ2v) is 9.04. The number of benzene rings is 1. The number of hydrogen-bond acceptors (Lipinski definition) is 5. The lowest BCUT2D eigenvalue weighted by Crippen LogP contribution is -2.36. The van der Waals surface area contributed by atoms with Gasteiger partial charge < -0.3 is 9.30 Å². The smallest absolute Gasteiger partial charge is 0.291 e. The number of amides is 1. The van der Waals surface area contributed by atoms with E-state index in [9.17, 15) is 9.59 Å². The minimum absolute atomic E-state index is 0.0366. The molecule has 1 amide bonds. The molecule has 0 radical (unpaired) electrons. The molecule has 150 valence electrons. The summed E-state index contributed by atoms with van der Waals surface area (Å²) in [7, 11) is 1.62. The van der Waals surface area contributed by atoms with E-state index in [2.05, 4.69) is 5.10 Å². The lowest BCUT2D eigenvalue weighted by molar-refractivity contribution is -0.127. The fraction of sp³-hybridized carbons (Fsp3) is 0.318. The van der Waals surface area contributed by atoms with Crippen molar-refractivity contribution in [3.63, 3.8) is 0 Å². The summed E-state index contributed by atoms with van der Waals surface area (Å²) in [5, 5.41) is 7.96. The maximum absolute atomic E-state index is 13.3. The van der Waals surface area contributed by atoms with Gasteiger partial charge in [0.25, 0.3) is 5.91 Å². The van der Waals surface area contributed by atoms with Crippen LogP contribution in [0.2, 0.25) is 0 Å². The number of methoxy groups -OCH3 is 1. The van der Waals surface area contributed by atoms with Crippen LogP contribution >= 0.6 is 11.3 Å². The predicted octanol–water partition coefficient (Wildman–Crippen LogP) is 4.19. The first kappa shape index (κ1) is 19.4. The van der Waals surface area contributed by atoms with Crippen LogP contribution in [0.15, 0.2) is 46.9 Å². The molecular weight excluding hydrogens is 386 g/mol. The molecule has 29 heavy (non-hydrogen) atoms. The van der Waals surface area contributed by atoms with Crippen molar-refractivity contribution in [3.8, 4) is 5.75 Å². The van der Waals surface area contributed by atoms with Gasteiger partial charge in [-0.1, -0.05) is 20.8 Å². The normalized spacial score (nSPS) is 14.6. The maximum atomic E-state index is 13.3. The van der Waals surface area contributed by atoms with Gasteiger partial charge in [-0.05, 0) is 47.3 Å². The Morgan fingerprint density at radius 3 is 2.59 bits per heavy atom. The molecule has 1 aliphatic rings. The number of carbonyl (C=O) groups excluding carboxylic acids is 2. The summed E-state index contributed by atoms with van der Waals surface area (Å²) in [5.74, 6) is 0.459. The molecule has 0 saturated heterocycles. The highest BCUT2D eigenvalue weighted by Gasteiger charge is 2.31. The number of hydrogen-bond donors (Lipinski definition) is 0. The van der Waals surface area contributed by atoms with Crippen molar-refractivity contribution in [3.05, 3.63) is 53.0 Å². The molecule has 1 aliphatic heterocycles. The fourth-order valence-electron chi connectivity index (χ4n) is 3.24. The second kappa shape index (κ2) is 7.15. The van der Waals surface area contributed by atoms with E-state index in [-0.39, 0.29) is 18.2 Å². The van der Waals surface area contributed by atoms with E-state index in [1.54, 1.807) is 18.4 Å². The van der Waals surface area contributed by atoms with Gasteiger partial charge in [0.15, 0.2) is 5.78 Å². The van der Waals surface area contributed by atoms with E-state index in [1.165, 1.54) is 5.01 Å². The molecule has 0 bridgehead atoms. The molecule has 2 aromatic heterocycles. The quantitative estimate of drug-likeness (QED) is 0.649. The number of Topliss-reactive ketones (excluding diaryl/α,β-unsaturated/α-hetero) is 1. The molecule has 0 N–H and O–H groups in total. The van der Waals surface area contributed by atoms with Gasteiger partial charge in [-0.2, -0.15) is 5.10 Å². The van der Waals surface area contributed by atoms with Crippen LogP contribution < -0.4 is 4.74 Å². The average Bonchev–Trinajstić information content (AvgIpc) is 3.24. The van der Waals surface area contributed by atoms with Gasteiger partial charge in [-0.3, -0.25) is 9.59 Å². The summed E-state index contributed by atoms with van der Waals surface area (Å²) in [6.45, 7) is 5.95. The van der Waals surface area contributed by atoms with Crippen molar-refractivity contribution in [1.29, 1.82) is 0 Å². The third-order valence-corrected chi connectivity index (χ3v) is 5.93. The maximum Gasteiger partial charge on any atom is 0.291 e. The van der Waals surface area contributed by atoms with Gasteiger partial charge in [0.05, 0.1) is 29.6 Å². The van der Waals surface area contributed by atoms with Crippen molar-refractivity contribution < 1.29 is 14.3 Å². The van der Waals surface area contributed by atoms with E-state index in [0.29, 0.717) is 12.2 Å². The highest BCUT2D eigenvalue weighted by Crippen LogP contribution is 2.29. The molecule has 0 atom stereocenters. The molecular formula is C22H23N3O3S. The van der Waals surface area contributed by atoms with Gasteiger partial charge >= 0.3 is 0 Å². The van der Waals surface area contributed by atoms with Crippen molar-refractivity contribution in [1.82, 2.24) is 9.58 Å². The Hall–Kier alpha value is -2.93. The minimum atomic E-state index is -0.551. The third-order valence-electron chi connectivity index (χ3n) is 5.08. The third kappa shape index (κ3) is 3.58. The first-order valence-electron chi connectivity index (χ1n) is 9.42. The minimum Gasteiger partial charge on any atom is -0.497 e. The van der Waals surface area contributed by atoms with Crippen molar-refractivity contribution in [2.45, 2.75) is 27.3 Å². The van der Waals surface area contributed by atoms with Gasteiger partial charge in [0.1, 0.15) is 18.0 Å². The number of ether oxygens (including phenoxy) is 1. The van der Waals surface area contributed by atoms with E-state index >= 15 is 0 Å². The number of fused-ring (bicyclic) bond motifs is 3. The number of aromatic nitrogens is 1.